The summed E-state index contributed by atoms with van der Waals surface area (Å²) in [4.78, 5) is 24.9. The number of carbonyl (C=O) groups is 2. The summed E-state index contributed by atoms with van der Waals surface area (Å²) in [6, 6.07) is 9.65. The molecule has 7 nitrogen and oxygen atoms in total. The van der Waals surface area contributed by atoms with E-state index in [2.05, 4.69) is 0 Å². The molecule has 0 aliphatic heterocycles. The number of amides is 1. The van der Waals surface area contributed by atoms with E-state index in [9.17, 15) is 49.8 Å². The van der Waals surface area contributed by atoms with Gasteiger partial charge in [-0.05, 0) is 55.7 Å². The van der Waals surface area contributed by atoms with Crippen molar-refractivity contribution in [1.82, 2.24) is 4.90 Å². The first kappa shape index (κ1) is 34.6. The average Bonchev–Trinajstić information content (AvgIpc) is 2.89. The van der Waals surface area contributed by atoms with Gasteiger partial charge in [-0.3, -0.25) is 0 Å². The quantitative estimate of drug-likeness (QED) is 0.172. The highest BCUT2D eigenvalue weighted by molar-refractivity contribution is 5.72. The lowest BCUT2D eigenvalue weighted by molar-refractivity contribution is -0.284. The molecule has 0 bridgehead atoms. The molecular weight excluding hydrogens is 586 g/mol. The number of unbranched alkanes of at least 4 members (excludes halogenated alkanes) is 1. The molecule has 42 heavy (non-hydrogen) atoms. The zero-order valence-corrected chi connectivity index (χ0v) is 22.3. The molecule has 2 aromatic carbocycles. The second-order valence-corrected chi connectivity index (χ2v) is 9.02. The number of nitrogens with zero attached hydrogens (tertiary/aromatic N) is 1. The molecule has 0 saturated heterocycles. The first-order chi connectivity index (χ1) is 19.5. The number of aliphatic carboxylic acids is 1. The zero-order valence-electron chi connectivity index (χ0n) is 22.3. The van der Waals surface area contributed by atoms with Crippen LogP contribution < -0.4 is 9.47 Å². The lowest BCUT2D eigenvalue weighted by Crippen LogP contribution is -2.38. The Labute approximate surface area is 236 Å². The zero-order chi connectivity index (χ0) is 31.6. The van der Waals surface area contributed by atoms with Gasteiger partial charge in [0.2, 0.25) is 0 Å². The maximum Gasteiger partial charge on any atom is 0.453 e. The molecule has 2 aromatic rings. The smallest absolute Gasteiger partial charge is 0.453 e. The molecule has 0 aliphatic rings. The van der Waals surface area contributed by atoms with Crippen LogP contribution >= 0.6 is 0 Å². The van der Waals surface area contributed by atoms with E-state index < -0.39 is 60.6 Å². The van der Waals surface area contributed by atoms with Crippen molar-refractivity contribution in [2.75, 3.05) is 26.3 Å². The molecule has 1 atom stereocenters. The fourth-order valence-corrected chi connectivity index (χ4v) is 3.62. The largest absolute Gasteiger partial charge is 0.492 e. The Morgan fingerprint density at radius 2 is 1.57 bits per heavy atom. The van der Waals surface area contributed by atoms with Crippen molar-refractivity contribution in [3.05, 3.63) is 59.7 Å². The Balaban J connectivity index is 2.03. The van der Waals surface area contributed by atoms with Gasteiger partial charge in [0.1, 0.15) is 18.1 Å². The minimum atomic E-state index is -5.73. The highest BCUT2D eigenvalue weighted by Crippen LogP contribution is 2.39. The number of benzene rings is 2. The van der Waals surface area contributed by atoms with Crippen molar-refractivity contribution in [2.24, 2.45) is 0 Å². The van der Waals surface area contributed by atoms with Crippen molar-refractivity contribution >= 4 is 12.1 Å². The van der Waals surface area contributed by atoms with Crippen LogP contribution in [0.5, 0.6) is 11.5 Å². The Kier molecular flexibility index (Phi) is 12.4. The van der Waals surface area contributed by atoms with Gasteiger partial charge < -0.3 is 24.2 Å². The van der Waals surface area contributed by atoms with E-state index in [4.69, 9.17) is 14.2 Å². The lowest BCUT2D eigenvalue weighted by atomic mass is 10.1. The molecule has 234 valence electrons. The number of rotatable bonds is 15. The second kappa shape index (κ2) is 15.0. The second-order valence-electron chi connectivity index (χ2n) is 9.02. The van der Waals surface area contributed by atoms with Gasteiger partial charge in [0, 0.05) is 26.0 Å². The number of carboxylic acid groups (broad SMARTS) is 1. The molecule has 0 heterocycles. The summed E-state index contributed by atoms with van der Waals surface area (Å²) < 4.78 is 118. The lowest BCUT2D eigenvalue weighted by Gasteiger charge is -2.23. The van der Waals surface area contributed by atoms with Crippen LogP contribution in [0.3, 0.4) is 0 Å². The van der Waals surface area contributed by atoms with Crippen LogP contribution in [0.1, 0.15) is 37.3 Å². The van der Waals surface area contributed by atoms with Crippen LogP contribution in [0, 0.1) is 0 Å². The van der Waals surface area contributed by atoms with Gasteiger partial charge in [-0.1, -0.05) is 18.2 Å². The van der Waals surface area contributed by atoms with E-state index in [0.717, 1.165) is 23.1 Å². The van der Waals surface area contributed by atoms with E-state index in [1.54, 1.807) is 19.1 Å². The normalized spacial score (nSPS) is 13.0. The third kappa shape index (κ3) is 11.0. The molecule has 1 N–H and O–H groups in total. The molecule has 0 spiro atoms. The van der Waals surface area contributed by atoms with Crippen LogP contribution in [-0.2, 0) is 22.1 Å². The van der Waals surface area contributed by atoms with Crippen molar-refractivity contribution < 1.29 is 64.0 Å². The highest BCUT2D eigenvalue weighted by atomic mass is 19.4. The SMILES string of the molecule is CCOC(Cc1ccc(OCCN(CCCCC(F)(F)C(F)(F)F)C(=O)Oc2cccc(C(F)(F)F)c2)cc1)C(=O)O. The van der Waals surface area contributed by atoms with Crippen LogP contribution in [0.4, 0.5) is 39.9 Å². The molecule has 0 radical (unpaired) electrons. The van der Waals surface area contributed by atoms with Crippen molar-refractivity contribution in [1.29, 1.82) is 0 Å². The summed E-state index contributed by atoms with van der Waals surface area (Å²) in [6.07, 6.45) is -15.0. The van der Waals surface area contributed by atoms with Gasteiger partial charge in [-0.25, -0.2) is 9.59 Å². The van der Waals surface area contributed by atoms with Crippen molar-refractivity contribution in [2.45, 2.75) is 57.0 Å². The van der Waals surface area contributed by atoms with Gasteiger partial charge in [0.25, 0.3) is 0 Å². The third-order valence-corrected chi connectivity index (χ3v) is 5.83. The van der Waals surface area contributed by atoms with Crippen LogP contribution in [0.25, 0.3) is 0 Å². The van der Waals surface area contributed by atoms with E-state index in [-0.39, 0.29) is 39.1 Å². The molecule has 0 aliphatic carbocycles. The monoisotopic (exact) mass is 615 g/mol. The predicted molar refractivity (Wildman–Crippen MR) is 133 cm³/mol. The molecule has 1 amide bonds. The fourth-order valence-electron chi connectivity index (χ4n) is 3.62. The van der Waals surface area contributed by atoms with Crippen LogP contribution in [0.15, 0.2) is 48.5 Å². The Hall–Kier alpha value is -3.62. The molecule has 1 unspecified atom stereocenters. The highest BCUT2D eigenvalue weighted by Gasteiger charge is 2.56. The fraction of sp³-hybridized carbons (Fsp3) is 0.481. The summed E-state index contributed by atoms with van der Waals surface area (Å²) in [5, 5.41) is 9.20. The van der Waals surface area contributed by atoms with Gasteiger partial charge in [-0.2, -0.15) is 35.1 Å². The Morgan fingerprint density at radius 1 is 0.905 bits per heavy atom. The number of hydrogen-bond acceptors (Lipinski definition) is 5. The number of carbonyl (C=O) groups excluding carboxylic acids is 1. The number of alkyl halides is 8. The van der Waals surface area contributed by atoms with E-state index >= 15 is 0 Å². The predicted octanol–water partition coefficient (Wildman–Crippen LogP) is 6.99. The molecular formula is C27H29F8NO6. The number of hydrogen-bond donors (Lipinski definition) is 1. The minimum Gasteiger partial charge on any atom is -0.492 e. The average molecular weight is 616 g/mol. The first-order valence-electron chi connectivity index (χ1n) is 12.7. The molecule has 2 rings (SSSR count). The molecule has 0 fully saturated rings. The Bertz CT molecular complexity index is 1150. The molecule has 0 saturated carbocycles. The summed E-state index contributed by atoms with van der Waals surface area (Å²) in [7, 11) is 0. The standard InChI is InChI=1S/C27H29F8NO6/c1-2-40-22(23(37)38)16-18-8-10-20(11-9-18)41-15-14-36(13-4-3-12-25(28,29)27(33,34)35)24(39)42-21-7-5-6-19(17-21)26(30,31)32/h5-11,17,22H,2-4,12-16H2,1H3,(H,37,38). The van der Waals surface area contributed by atoms with Crippen molar-refractivity contribution in [3.63, 3.8) is 0 Å². The van der Waals surface area contributed by atoms with E-state index in [1.165, 1.54) is 12.1 Å². The van der Waals surface area contributed by atoms with E-state index in [1.807, 2.05) is 0 Å². The number of ether oxygens (including phenoxy) is 3. The minimum absolute atomic E-state index is 0.0893. The van der Waals surface area contributed by atoms with Crippen LogP contribution in [0.2, 0.25) is 0 Å². The van der Waals surface area contributed by atoms with Gasteiger partial charge in [0.05, 0.1) is 12.1 Å². The molecule has 15 heteroatoms. The maximum atomic E-state index is 13.2. The summed E-state index contributed by atoms with van der Waals surface area (Å²) >= 11 is 0. The third-order valence-electron chi connectivity index (χ3n) is 5.83. The van der Waals surface area contributed by atoms with E-state index in [0.29, 0.717) is 17.4 Å². The van der Waals surface area contributed by atoms with Crippen molar-refractivity contribution in [3.8, 4) is 11.5 Å². The first-order valence-corrected chi connectivity index (χ1v) is 12.7. The van der Waals surface area contributed by atoms with Crippen LogP contribution in [-0.4, -0.2) is 66.6 Å². The maximum absolute atomic E-state index is 13.2. The molecule has 0 aromatic heterocycles. The van der Waals surface area contributed by atoms with Gasteiger partial charge >= 0.3 is 30.3 Å². The van der Waals surface area contributed by atoms with Gasteiger partial charge in [0.15, 0.2) is 6.10 Å². The summed E-state index contributed by atoms with van der Waals surface area (Å²) in [5.74, 6) is -6.19. The Morgan fingerprint density at radius 3 is 2.14 bits per heavy atom. The summed E-state index contributed by atoms with van der Waals surface area (Å²) in [6.45, 7) is 1.06. The number of halogens is 8. The summed E-state index contributed by atoms with van der Waals surface area (Å²) in [5.41, 5.74) is -0.457. The number of carboxylic acids is 1. The topological polar surface area (TPSA) is 85.3 Å². The van der Waals surface area contributed by atoms with Gasteiger partial charge in [-0.15, -0.1) is 0 Å².